The topological polar surface area (TPSA) is 8.81 Å². The van der Waals surface area contributed by atoms with E-state index in [2.05, 4.69) is 210 Å². The van der Waals surface area contributed by atoms with Crippen LogP contribution in [0, 0.1) is 0 Å². The Morgan fingerprint density at radius 1 is 0.400 bits per heavy atom. The van der Waals surface area contributed by atoms with E-state index in [9.17, 15) is 0 Å². The summed E-state index contributed by atoms with van der Waals surface area (Å²) in [4.78, 5) is 0. The van der Waals surface area contributed by atoms with Crippen LogP contribution in [0.1, 0.15) is 22.7 Å². The zero-order valence-electron chi connectivity index (χ0n) is 25.0. The molecule has 2 nitrogen and oxygen atoms in total. The zero-order chi connectivity index (χ0) is 30.3. The van der Waals surface area contributed by atoms with Gasteiger partial charge in [-0.2, -0.15) is 0 Å². The van der Waals surface area contributed by atoms with Crippen molar-refractivity contribution in [3.63, 3.8) is 0 Å². The van der Waals surface area contributed by atoms with E-state index in [1.165, 1.54) is 32.3 Å². The smallest absolute Gasteiger partial charge is 0.225 e. The fourth-order valence-corrected chi connectivity index (χ4v) is 11.5. The average molecular weight is 618 g/mol. The highest BCUT2D eigenvalue weighted by Gasteiger charge is 2.35. The normalized spacial score (nSPS) is 12.7. The van der Waals surface area contributed by atoms with Crippen LogP contribution in [0.4, 0.5) is 0 Å². The molecule has 6 aromatic carbocycles. The van der Waals surface area contributed by atoms with E-state index >= 15 is 0 Å². The number of hydrogen-bond acceptors (Lipinski definition) is 0. The van der Waals surface area contributed by atoms with Crippen LogP contribution in [-0.4, -0.2) is 4.57 Å². The molecule has 7 aromatic rings. The summed E-state index contributed by atoms with van der Waals surface area (Å²) in [5, 5.41) is 5.46. The molecule has 4 heteroatoms. The molecule has 0 aliphatic carbocycles. The molecule has 0 radical (unpaired) electrons. The van der Waals surface area contributed by atoms with Crippen LogP contribution in [-0.2, 0) is 0 Å². The largest absolute Gasteiger partial charge is 0.245 e. The third kappa shape index (κ3) is 6.45. The van der Waals surface area contributed by atoms with Gasteiger partial charge in [-0.3, -0.25) is 0 Å². The Labute approximate surface area is 268 Å². The summed E-state index contributed by atoms with van der Waals surface area (Å²) in [6.07, 6.45) is 6.94. The maximum atomic E-state index is 2.46. The highest BCUT2D eigenvalue weighted by molar-refractivity contribution is 7.73. The second-order valence-corrected chi connectivity index (χ2v) is 15.5. The fraction of sp³-hybridized carbons (Fsp3) is 0.0488. The van der Waals surface area contributed by atoms with Gasteiger partial charge in [0.25, 0.3) is 0 Å². The van der Waals surface area contributed by atoms with Gasteiger partial charge in [0.15, 0.2) is 11.6 Å². The monoisotopic (exact) mass is 617 g/mol. The van der Waals surface area contributed by atoms with Gasteiger partial charge < -0.3 is 0 Å². The van der Waals surface area contributed by atoms with E-state index in [4.69, 9.17) is 0 Å². The van der Waals surface area contributed by atoms with Gasteiger partial charge in [0, 0.05) is 27.0 Å². The standard InChI is InChI=1S/C41H35N2P2/c1-7-19-34(20-8-1)40(44(36-23-11-3-12-24-36)37-25-13-4-14-26-37)42-31-32-43(33-42)41(35-21-9-2-10-22-35)45(38-27-15-5-16-28-38)39-29-17-6-18-30-39/h1-33,40-41H/q+1/t40-,41+. The van der Waals surface area contributed by atoms with Crippen LogP contribution in [0.2, 0.25) is 0 Å². The summed E-state index contributed by atoms with van der Waals surface area (Å²) in [7, 11) is -1.55. The molecule has 1 heterocycles. The second-order valence-electron chi connectivity index (χ2n) is 11.0. The van der Waals surface area contributed by atoms with Crippen molar-refractivity contribution in [1.29, 1.82) is 0 Å². The van der Waals surface area contributed by atoms with E-state index in [0.717, 1.165) is 0 Å². The lowest BCUT2D eigenvalue weighted by atomic mass is 10.2. The molecule has 0 unspecified atom stereocenters. The minimum atomic E-state index is -0.775. The van der Waals surface area contributed by atoms with Gasteiger partial charge in [-0.25, -0.2) is 9.13 Å². The molecule has 0 aliphatic heterocycles. The van der Waals surface area contributed by atoms with E-state index < -0.39 is 15.8 Å². The first kappa shape index (κ1) is 29.1. The Hall–Kier alpha value is -4.61. The van der Waals surface area contributed by atoms with Gasteiger partial charge in [-0.15, -0.1) is 0 Å². The number of nitrogens with zero attached hydrogens (tertiary/aromatic N) is 2. The minimum absolute atomic E-state index is 0.114. The highest BCUT2D eigenvalue weighted by Crippen LogP contribution is 2.51. The Kier molecular flexibility index (Phi) is 9.06. The van der Waals surface area contributed by atoms with E-state index in [-0.39, 0.29) is 11.6 Å². The van der Waals surface area contributed by atoms with Crippen LogP contribution in [0.15, 0.2) is 201 Å². The molecule has 0 saturated carbocycles. The van der Waals surface area contributed by atoms with Crippen molar-refractivity contribution < 1.29 is 4.57 Å². The molecule has 0 fully saturated rings. The van der Waals surface area contributed by atoms with Crippen LogP contribution in [0.3, 0.4) is 0 Å². The fourth-order valence-electron chi connectivity index (χ4n) is 6.05. The summed E-state index contributed by atoms with van der Waals surface area (Å²) >= 11 is 0. The molecule has 1 aromatic heterocycles. The van der Waals surface area contributed by atoms with E-state index in [1.54, 1.807) is 0 Å². The summed E-state index contributed by atoms with van der Waals surface area (Å²) in [6.45, 7) is 0. The maximum absolute atomic E-state index is 2.46. The Balaban J connectivity index is 1.41. The Bertz CT molecular complexity index is 1680. The summed E-state index contributed by atoms with van der Waals surface area (Å²) < 4.78 is 4.92. The third-order valence-electron chi connectivity index (χ3n) is 8.06. The zero-order valence-corrected chi connectivity index (χ0v) is 26.8. The van der Waals surface area contributed by atoms with Crippen molar-refractivity contribution in [1.82, 2.24) is 4.57 Å². The van der Waals surface area contributed by atoms with Crippen molar-refractivity contribution in [3.05, 3.63) is 212 Å². The molecule has 0 N–H and O–H groups in total. The average Bonchev–Trinajstić information content (AvgIpc) is 3.61. The first-order valence-electron chi connectivity index (χ1n) is 15.3. The number of imidazole rings is 1. The first-order chi connectivity index (χ1) is 22.4. The molecular formula is C41H35N2P2+. The number of rotatable bonds is 10. The van der Waals surface area contributed by atoms with Gasteiger partial charge in [0.2, 0.25) is 6.33 Å². The lowest BCUT2D eigenvalue weighted by molar-refractivity contribution is -0.692. The molecule has 45 heavy (non-hydrogen) atoms. The van der Waals surface area contributed by atoms with Crippen LogP contribution >= 0.6 is 15.8 Å². The summed E-state index contributed by atoms with van der Waals surface area (Å²) in [5.74, 6) is 0.228. The lowest BCUT2D eigenvalue weighted by Crippen LogP contribution is -2.41. The molecule has 7 rings (SSSR count). The molecule has 2 atom stereocenters. The van der Waals surface area contributed by atoms with Gasteiger partial charge in [-0.1, -0.05) is 182 Å². The van der Waals surface area contributed by atoms with Crippen molar-refractivity contribution in [3.8, 4) is 0 Å². The molecule has 0 spiro atoms. The minimum Gasteiger partial charge on any atom is -0.225 e. The van der Waals surface area contributed by atoms with Crippen molar-refractivity contribution in [2.75, 3.05) is 0 Å². The Morgan fingerprint density at radius 3 is 1.18 bits per heavy atom. The lowest BCUT2D eigenvalue weighted by Gasteiger charge is -2.28. The predicted octanol–water partition coefficient (Wildman–Crippen LogP) is 8.14. The van der Waals surface area contributed by atoms with Gasteiger partial charge in [-0.05, 0) is 21.2 Å². The molecule has 218 valence electrons. The van der Waals surface area contributed by atoms with Crippen molar-refractivity contribution in [2.45, 2.75) is 11.6 Å². The molecular weight excluding hydrogens is 582 g/mol. The number of benzene rings is 6. The van der Waals surface area contributed by atoms with Crippen molar-refractivity contribution >= 4 is 37.1 Å². The number of hydrogen-bond donors (Lipinski definition) is 0. The second kappa shape index (κ2) is 14.0. The SMILES string of the molecule is c1ccc([C@H](n2cc[n+]([C@H](c3ccccc3)P(c3ccccc3)c3ccccc3)c2)P(c2ccccc2)c2ccccc2)cc1. The molecule has 0 aliphatic rings. The van der Waals surface area contributed by atoms with E-state index in [0.29, 0.717) is 0 Å². The Morgan fingerprint density at radius 2 is 0.756 bits per heavy atom. The molecule has 0 bridgehead atoms. The van der Waals surface area contributed by atoms with Gasteiger partial charge >= 0.3 is 0 Å². The predicted molar refractivity (Wildman–Crippen MR) is 192 cm³/mol. The van der Waals surface area contributed by atoms with Crippen molar-refractivity contribution in [2.24, 2.45) is 0 Å². The van der Waals surface area contributed by atoms with Gasteiger partial charge in [0.05, 0.1) is 0 Å². The van der Waals surface area contributed by atoms with Crippen LogP contribution in [0.25, 0.3) is 0 Å². The molecule has 0 saturated heterocycles. The summed E-state index contributed by atoms with van der Waals surface area (Å²) in [5.41, 5.74) is 2.62. The maximum Gasteiger partial charge on any atom is 0.245 e. The number of aromatic nitrogens is 2. The van der Waals surface area contributed by atoms with Gasteiger partial charge in [0.1, 0.15) is 12.4 Å². The quantitative estimate of drug-likeness (QED) is 0.108. The van der Waals surface area contributed by atoms with E-state index in [1.807, 2.05) is 0 Å². The first-order valence-corrected chi connectivity index (χ1v) is 18.2. The highest BCUT2D eigenvalue weighted by atomic mass is 31.1. The summed E-state index contributed by atoms with van der Waals surface area (Å²) in [6, 6.07) is 66.2. The van der Waals surface area contributed by atoms with Crippen LogP contribution in [0.5, 0.6) is 0 Å². The third-order valence-corrected chi connectivity index (χ3v) is 13.6. The molecule has 0 amide bonds. The van der Waals surface area contributed by atoms with Crippen LogP contribution < -0.4 is 25.8 Å².